The Balaban J connectivity index is 1.74. The molecule has 1 N–H and O–H groups in total. The standard InChI is InChI=1S/C19H23ClN2O4/c20-14-9-7-13(8-10-14)16-11-19(26-22-16,12-17(23)24)18(25)21-15-5-3-1-2-4-6-15/h7-10,15H,1-6,11-12H2,(H,21,25)(H,23,24)/p-1/t19-/m0/s1. The quantitative estimate of drug-likeness (QED) is 0.796. The first-order valence-electron chi connectivity index (χ1n) is 9.00. The molecular formula is C19H22ClN2O4-. The number of halogens is 1. The third-order valence-corrected chi connectivity index (χ3v) is 5.25. The third-order valence-electron chi connectivity index (χ3n) is 5.00. The van der Waals surface area contributed by atoms with Crippen molar-refractivity contribution in [2.75, 3.05) is 0 Å². The van der Waals surface area contributed by atoms with Gasteiger partial charge in [-0.3, -0.25) is 4.79 Å². The lowest BCUT2D eigenvalue weighted by molar-refractivity contribution is -0.309. The van der Waals surface area contributed by atoms with Crippen molar-refractivity contribution in [1.29, 1.82) is 0 Å². The lowest BCUT2D eigenvalue weighted by Crippen LogP contribution is -2.53. The number of carboxylic acids is 1. The van der Waals surface area contributed by atoms with Crippen molar-refractivity contribution in [3.63, 3.8) is 0 Å². The fourth-order valence-electron chi connectivity index (χ4n) is 3.55. The average molecular weight is 378 g/mol. The second kappa shape index (κ2) is 8.08. The van der Waals surface area contributed by atoms with Crippen LogP contribution in [-0.2, 0) is 14.4 Å². The summed E-state index contributed by atoms with van der Waals surface area (Å²) in [5.74, 6) is -1.77. The molecule has 1 aromatic rings. The molecule has 1 aliphatic heterocycles. The maximum Gasteiger partial charge on any atom is 0.268 e. The van der Waals surface area contributed by atoms with Crippen LogP contribution in [0.3, 0.4) is 0 Å². The highest BCUT2D eigenvalue weighted by Crippen LogP contribution is 2.31. The van der Waals surface area contributed by atoms with E-state index in [1.165, 1.54) is 0 Å². The van der Waals surface area contributed by atoms with Gasteiger partial charge in [-0.05, 0) is 30.5 Å². The van der Waals surface area contributed by atoms with Crippen LogP contribution in [0.4, 0.5) is 0 Å². The Labute approximate surface area is 157 Å². The first kappa shape index (κ1) is 18.7. The molecule has 1 fully saturated rings. The summed E-state index contributed by atoms with van der Waals surface area (Å²) in [5.41, 5.74) is -0.282. The van der Waals surface area contributed by atoms with Crippen molar-refractivity contribution in [2.45, 2.75) is 63.0 Å². The van der Waals surface area contributed by atoms with Crippen molar-refractivity contribution in [1.82, 2.24) is 5.32 Å². The van der Waals surface area contributed by atoms with Crippen molar-refractivity contribution in [3.8, 4) is 0 Å². The van der Waals surface area contributed by atoms with Crippen molar-refractivity contribution >= 4 is 29.2 Å². The van der Waals surface area contributed by atoms with E-state index in [0.29, 0.717) is 10.7 Å². The molecule has 3 rings (SSSR count). The summed E-state index contributed by atoms with van der Waals surface area (Å²) in [6, 6.07) is 7.01. The van der Waals surface area contributed by atoms with Crippen LogP contribution in [-0.4, -0.2) is 29.2 Å². The van der Waals surface area contributed by atoms with E-state index in [0.717, 1.165) is 44.1 Å². The number of aliphatic carboxylic acids is 1. The lowest BCUT2D eigenvalue weighted by atomic mass is 9.89. The van der Waals surface area contributed by atoms with Gasteiger partial charge < -0.3 is 20.1 Å². The molecule has 0 radical (unpaired) electrons. The van der Waals surface area contributed by atoms with E-state index in [4.69, 9.17) is 16.4 Å². The number of carboxylic acid groups (broad SMARTS) is 1. The molecule has 26 heavy (non-hydrogen) atoms. The molecule has 7 heteroatoms. The summed E-state index contributed by atoms with van der Waals surface area (Å²) in [4.78, 5) is 29.6. The predicted molar refractivity (Wildman–Crippen MR) is 95.7 cm³/mol. The Morgan fingerprint density at radius 2 is 1.85 bits per heavy atom. The molecule has 0 aromatic heterocycles. The molecule has 1 amide bonds. The highest BCUT2D eigenvalue weighted by molar-refractivity contribution is 6.30. The zero-order chi connectivity index (χ0) is 18.6. The second-order valence-corrected chi connectivity index (χ2v) is 7.45. The smallest absolute Gasteiger partial charge is 0.268 e. The van der Waals surface area contributed by atoms with Crippen LogP contribution < -0.4 is 10.4 Å². The Morgan fingerprint density at radius 3 is 2.46 bits per heavy atom. The maximum atomic E-state index is 12.9. The summed E-state index contributed by atoms with van der Waals surface area (Å²) < 4.78 is 0. The van der Waals surface area contributed by atoms with Crippen LogP contribution in [0.5, 0.6) is 0 Å². The van der Waals surface area contributed by atoms with Gasteiger partial charge in [0, 0.05) is 29.9 Å². The van der Waals surface area contributed by atoms with E-state index in [-0.39, 0.29) is 12.5 Å². The Morgan fingerprint density at radius 1 is 1.19 bits per heavy atom. The third kappa shape index (κ3) is 4.36. The van der Waals surface area contributed by atoms with Gasteiger partial charge in [0.1, 0.15) is 0 Å². The average Bonchev–Trinajstić information content (AvgIpc) is 2.85. The fraction of sp³-hybridized carbons (Fsp3) is 0.526. The number of rotatable bonds is 5. The Bertz CT molecular complexity index is 696. The van der Waals surface area contributed by atoms with Gasteiger partial charge in [0.15, 0.2) is 0 Å². The van der Waals surface area contributed by atoms with Crippen LogP contribution in [0, 0.1) is 0 Å². The number of carbonyl (C=O) groups is 2. The minimum Gasteiger partial charge on any atom is -0.550 e. The molecule has 1 atom stereocenters. The summed E-state index contributed by atoms with van der Waals surface area (Å²) in [6.45, 7) is 0. The molecular weight excluding hydrogens is 356 g/mol. The van der Waals surface area contributed by atoms with Gasteiger partial charge in [-0.15, -0.1) is 0 Å². The monoisotopic (exact) mass is 377 g/mol. The molecule has 140 valence electrons. The number of carbonyl (C=O) groups excluding carboxylic acids is 2. The van der Waals surface area contributed by atoms with E-state index in [9.17, 15) is 14.7 Å². The minimum absolute atomic E-state index is 0.0480. The molecule has 1 aliphatic carbocycles. The molecule has 0 bridgehead atoms. The zero-order valence-electron chi connectivity index (χ0n) is 14.5. The number of nitrogens with one attached hydrogen (secondary N) is 1. The summed E-state index contributed by atoms with van der Waals surface area (Å²) in [5, 5.41) is 18.8. The number of hydrogen-bond acceptors (Lipinski definition) is 5. The predicted octanol–water partition coefficient (Wildman–Crippen LogP) is 2.18. The zero-order valence-corrected chi connectivity index (χ0v) is 15.3. The number of benzene rings is 1. The largest absolute Gasteiger partial charge is 0.550 e. The van der Waals surface area contributed by atoms with Crippen LogP contribution in [0.15, 0.2) is 29.4 Å². The van der Waals surface area contributed by atoms with E-state index in [1.54, 1.807) is 24.3 Å². The molecule has 0 saturated heterocycles. The van der Waals surface area contributed by atoms with E-state index >= 15 is 0 Å². The van der Waals surface area contributed by atoms with Crippen molar-refractivity contribution < 1.29 is 19.5 Å². The van der Waals surface area contributed by atoms with Gasteiger partial charge in [0.2, 0.25) is 5.60 Å². The number of nitrogens with zero attached hydrogens (tertiary/aromatic N) is 1. The molecule has 1 saturated carbocycles. The molecule has 1 heterocycles. The molecule has 6 nitrogen and oxygen atoms in total. The molecule has 1 aromatic carbocycles. The van der Waals surface area contributed by atoms with Crippen LogP contribution in [0.1, 0.15) is 56.9 Å². The first-order valence-corrected chi connectivity index (χ1v) is 9.38. The van der Waals surface area contributed by atoms with Gasteiger partial charge in [-0.2, -0.15) is 0 Å². The summed E-state index contributed by atoms with van der Waals surface area (Å²) in [6.07, 6.45) is 5.80. The van der Waals surface area contributed by atoms with Crippen LogP contribution in [0.2, 0.25) is 5.02 Å². The van der Waals surface area contributed by atoms with Gasteiger partial charge in [0.25, 0.3) is 5.91 Å². The summed E-state index contributed by atoms with van der Waals surface area (Å²) >= 11 is 5.89. The Kier molecular flexibility index (Phi) is 5.81. The highest BCUT2D eigenvalue weighted by Gasteiger charge is 2.47. The SMILES string of the molecule is O=C([O-])C[C@]1(C(=O)NC2CCCCCC2)CC(c2ccc(Cl)cc2)=NO1. The first-order chi connectivity index (χ1) is 12.5. The van der Waals surface area contributed by atoms with Crippen LogP contribution >= 0.6 is 11.6 Å². The van der Waals surface area contributed by atoms with Gasteiger partial charge in [-0.1, -0.05) is 54.6 Å². The van der Waals surface area contributed by atoms with E-state index < -0.39 is 23.9 Å². The normalized spacial score (nSPS) is 23.7. The number of hydrogen-bond donors (Lipinski definition) is 1. The topological polar surface area (TPSA) is 90.8 Å². The van der Waals surface area contributed by atoms with Gasteiger partial charge >= 0.3 is 0 Å². The molecule has 0 unspecified atom stereocenters. The summed E-state index contributed by atoms with van der Waals surface area (Å²) in [7, 11) is 0. The van der Waals surface area contributed by atoms with Crippen molar-refractivity contribution in [3.05, 3.63) is 34.9 Å². The van der Waals surface area contributed by atoms with E-state index in [1.807, 2.05) is 0 Å². The number of oxime groups is 1. The van der Waals surface area contributed by atoms with Gasteiger partial charge in [-0.25, -0.2) is 0 Å². The maximum absolute atomic E-state index is 12.9. The molecule has 0 spiro atoms. The van der Waals surface area contributed by atoms with E-state index in [2.05, 4.69) is 10.5 Å². The highest BCUT2D eigenvalue weighted by atomic mass is 35.5. The lowest BCUT2D eigenvalue weighted by Gasteiger charge is -2.28. The minimum atomic E-state index is -1.56. The fourth-order valence-corrected chi connectivity index (χ4v) is 3.67. The second-order valence-electron chi connectivity index (χ2n) is 7.02. The van der Waals surface area contributed by atoms with Gasteiger partial charge in [0.05, 0.1) is 5.71 Å². The Hall–Kier alpha value is -2.08. The van der Waals surface area contributed by atoms with Crippen LogP contribution in [0.25, 0.3) is 0 Å². The molecule has 2 aliphatic rings. The van der Waals surface area contributed by atoms with Crippen molar-refractivity contribution in [2.24, 2.45) is 5.16 Å². The number of amides is 1.